The van der Waals surface area contributed by atoms with Gasteiger partial charge in [-0.15, -0.1) is 11.3 Å². The standard InChI is InChI=1S/C18H15ClN2O2S/c1-12-17(18(22)21-14-7-5-6-13(19)10-14)24-16(20-12)11-23-15-8-3-2-4-9-15/h2-10H,11H2,1H3,(H,21,22). The number of hydrogen-bond donors (Lipinski definition) is 1. The van der Waals surface area contributed by atoms with Crippen molar-refractivity contribution in [3.05, 3.63) is 75.2 Å². The van der Waals surface area contributed by atoms with Gasteiger partial charge >= 0.3 is 0 Å². The molecule has 1 aromatic heterocycles. The number of para-hydroxylation sites is 1. The summed E-state index contributed by atoms with van der Waals surface area (Å²) in [5.74, 6) is 0.577. The number of rotatable bonds is 5. The molecule has 0 aliphatic carbocycles. The van der Waals surface area contributed by atoms with Gasteiger partial charge in [0.2, 0.25) is 0 Å². The van der Waals surface area contributed by atoms with Gasteiger partial charge in [-0.25, -0.2) is 4.98 Å². The summed E-state index contributed by atoms with van der Waals surface area (Å²) in [5.41, 5.74) is 1.34. The molecule has 0 fully saturated rings. The minimum Gasteiger partial charge on any atom is -0.486 e. The minimum absolute atomic E-state index is 0.196. The summed E-state index contributed by atoms with van der Waals surface area (Å²) in [6.45, 7) is 2.15. The van der Waals surface area contributed by atoms with E-state index >= 15 is 0 Å². The first-order valence-corrected chi connectivity index (χ1v) is 8.52. The number of ether oxygens (including phenoxy) is 1. The number of hydrogen-bond acceptors (Lipinski definition) is 4. The van der Waals surface area contributed by atoms with Gasteiger partial charge in [-0.3, -0.25) is 4.79 Å². The van der Waals surface area contributed by atoms with Gasteiger partial charge < -0.3 is 10.1 Å². The van der Waals surface area contributed by atoms with Crippen molar-refractivity contribution in [3.8, 4) is 5.75 Å². The average Bonchev–Trinajstić information content (AvgIpc) is 2.95. The Hall–Kier alpha value is -2.37. The number of aromatic nitrogens is 1. The van der Waals surface area contributed by atoms with Crippen LogP contribution in [0.15, 0.2) is 54.6 Å². The van der Waals surface area contributed by atoms with Gasteiger partial charge in [0.25, 0.3) is 5.91 Å². The van der Waals surface area contributed by atoms with E-state index in [0.717, 1.165) is 10.8 Å². The molecule has 0 saturated heterocycles. The van der Waals surface area contributed by atoms with Crippen molar-refractivity contribution in [1.29, 1.82) is 0 Å². The fourth-order valence-corrected chi connectivity index (χ4v) is 3.20. The van der Waals surface area contributed by atoms with E-state index in [4.69, 9.17) is 16.3 Å². The maximum absolute atomic E-state index is 12.4. The average molecular weight is 359 g/mol. The molecule has 0 atom stereocenters. The molecule has 6 heteroatoms. The first kappa shape index (κ1) is 16.5. The van der Waals surface area contributed by atoms with E-state index in [1.807, 2.05) is 37.3 Å². The molecule has 0 bridgehead atoms. The number of nitrogens with one attached hydrogen (secondary N) is 1. The second-order valence-corrected chi connectivity index (χ2v) is 6.61. The van der Waals surface area contributed by atoms with Gasteiger partial charge in [0.05, 0.1) is 5.69 Å². The van der Waals surface area contributed by atoms with Gasteiger partial charge in [0.1, 0.15) is 22.2 Å². The van der Waals surface area contributed by atoms with Gasteiger partial charge in [0.15, 0.2) is 0 Å². The van der Waals surface area contributed by atoms with Crippen molar-refractivity contribution < 1.29 is 9.53 Å². The van der Waals surface area contributed by atoms with E-state index in [1.165, 1.54) is 11.3 Å². The predicted molar refractivity (Wildman–Crippen MR) is 97.0 cm³/mol. The van der Waals surface area contributed by atoms with Crippen LogP contribution in [0, 0.1) is 6.92 Å². The molecule has 2 aromatic carbocycles. The Kier molecular flexibility index (Phi) is 5.13. The SMILES string of the molecule is Cc1nc(COc2ccccc2)sc1C(=O)Nc1cccc(Cl)c1. The van der Waals surface area contributed by atoms with Crippen LogP contribution in [0.5, 0.6) is 5.75 Å². The zero-order valence-corrected chi connectivity index (χ0v) is 14.5. The number of benzene rings is 2. The third-order valence-corrected chi connectivity index (χ3v) is 4.60. The third-order valence-electron chi connectivity index (χ3n) is 3.24. The van der Waals surface area contributed by atoms with E-state index in [9.17, 15) is 4.79 Å². The molecule has 3 rings (SSSR count). The molecule has 0 aliphatic heterocycles. The molecule has 1 heterocycles. The van der Waals surface area contributed by atoms with E-state index in [1.54, 1.807) is 24.3 Å². The molecule has 0 saturated carbocycles. The Morgan fingerprint density at radius 1 is 1.21 bits per heavy atom. The van der Waals surface area contributed by atoms with Crippen LogP contribution in [0.4, 0.5) is 5.69 Å². The minimum atomic E-state index is -0.196. The quantitative estimate of drug-likeness (QED) is 0.703. The third kappa shape index (κ3) is 4.13. The second-order valence-electron chi connectivity index (χ2n) is 5.09. The fourth-order valence-electron chi connectivity index (χ4n) is 2.14. The van der Waals surface area contributed by atoms with Crippen LogP contribution in [-0.2, 0) is 6.61 Å². The van der Waals surface area contributed by atoms with Crippen LogP contribution in [0.3, 0.4) is 0 Å². The lowest BCUT2D eigenvalue weighted by Gasteiger charge is -2.04. The highest BCUT2D eigenvalue weighted by atomic mass is 35.5. The Labute approximate surface area is 149 Å². The van der Waals surface area contributed by atoms with Crippen molar-refractivity contribution >= 4 is 34.5 Å². The summed E-state index contributed by atoms with van der Waals surface area (Å²) in [6.07, 6.45) is 0. The number of thiazole rings is 1. The fraction of sp³-hybridized carbons (Fsp3) is 0.111. The maximum Gasteiger partial charge on any atom is 0.267 e. The smallest absolute Gasteiger partial charge is 0.267 e. The number of anilines is 1. The van der Waals surface area contributed by atoms with Gasteiger partial charge in [0, 0.05) is 10.7 Å². The summed E-state index contributed by atoms with van der Waals surface area (Å²) in [7, 11) is 0. The van der Waals surface area contributed by atoms with Gasteiger partial charge in [-0.2, -0.15) is 0 Å². The Morgan fingerprint density at radius 3 is 2.75 bits per heavy atom. The van der Waals surface area contributed by atoms with Crippen molar-refractivity contribution in [2.45, 2.75) is 13.5 Å². The van der Waals surface area contributed by atoms with Crippen molar-refractivity contribution in [2.24, 2.45) is 0 Å². The lowest BCUT2D eigenvalue weighted by Crippen LogP contribution is -2.11. The molecule has 0 unspecified atom stereocenters. The first-order chi connectivity index (χ1) is 11.6. The van der Waals surface area contributed by atoms with Crippen molar-refractivity contribution in [2.75, 3.05) is 5.32 Å². The molecule has 4 nitrogen and oxygen atoms in total. The van der Waals surface area contributed by atoms with Crippen molar-refractivity contribution in [1.82, 2.24) is 4.98 Å². The van der Waals surface area contributed by atoms with Crippen LogP contribution in [0.25, 0.3) is 0 Å². The number of amides is 1. The lowest BCUT2D eigenvalue weighted by molar-refractivity contribution is 0.103. The number of aryl methyl sites for hydroxylation is 1. The monoisotopic (exact) mass is 358 g/mol. The van der Waals surface area contributed by atoms with E-state index < -0.39 is 0 Å². The van der Waals surface area contributed by atoms with E-state index in [0.29, 0.717) is 27.9 Å². The van der Waals surface area contributed by atoms with Crippen LogP contribution in [-0.4, -0.2) is 10.9 Å². The normalized spacial score (nSPS) is 10.4. The number of carbonyl (C=O) groups excluding carboxylic acids is 1. The Balaban J connectivity index is 1.68. The molecular weight excluding hydrogens is 344 g/mol. The summed E-state index contributed by atoms with van der Waals surface area (Å²) >= 11 is 7.26. The largest absolute Gasteiger partial charge is 0.486 e. The predicted octanol–water partition coefficient (Wildman–Crippen LogP) is 4.94. The molecule has 1 N–H and O–H groups in total. The molecule has 122 valence electrons. The highest BCUT2D eigenvalue weighted by molar-refractivity contribution is 7.13. The zero-order valence-electron chi connectivity index (χ0n) is 13.0. The van der Waals surface area contributed by atoms with E-state index in [-0.39, 0.29) is 5.91 Å². The summed E-state index contributed by atoms with van der Waals surface area (Å²) in [4.78, 5) is 17.4. The zero-order chi connectivity index (χ0) is 16.9. The second kappa shape index (κ2) is 7.47. The topological polar surface area (TPSA) is 51.2 Å². The molecule has 0 radical (unpaired) electrons. The molecule has 0 aliphatic rings. The van der Waals surface area contributed by atoms with Gasteiger partial charge in [-0.1, -0.05) is 35.9 Å². The number of halogens is 1. The highest BCUT2D eigenvalue weighted by Gasteiger charge is 2.16. The van der Waals surface area contributed by atoms with Crippen LogP contribution >= 0.6 is 22.9 Å². The molecule has 3 aromatic rings. The van der Waals surface area contributed by atoms with Crippen LogP contribution < -0.4 is 10.1 Å². The van der Waals surface area contributed by atoms with Crippen molar-refractivity contribution in [3.63, 3.8) is 0 Å². The summed E-state index contributed by atoms with van der Waals surface area (Å²) in [6, 6.07) is 16.6. The lowest BCUT2D eigenvalue weighted by atomic mass is 10.3. The number of nitrogens with zero attached hydrogens (tertiary/aromatic N) is 1. The molecule has 24 heavy (non-hydrogen) atoms. The Morgan fingerprint density at radius 2 is 2.00 bits per heavy atom. The summed E-state index contributed by atoms with van der Waals surface area (Å²) in [5, 5.41) is 4.17. The number of carbonyl (C=O) groups is 1. The van der Waals surface area contributed by atoms with E-state index in [2.05, 4.69) is 10.3 Å². The first-order valence-electron chi connectivity index (χ1n) is 7.33. The Bertz CT molecular complexity index is 849. The molecular formula is C18H15ClN2O2S. The van der Waals surface area contributed by atoms with Crippen LogP contribution in [0.1, 0.15) is 20.4 Å². The van der Waals surface area contributed by atoms with Gasteiger partial charge in [-0.05, 0) is 37.3 Å². The molecule has 1 amide bonds. The summed E-state index contributed by atoms with van der Waals surface area (Å²) < 4.78 is 5.67. The van der Waals surface area contributed by atoms with Crippen LogP contribution in [0.2, 0.25) is 5.02 Å². The highest BCUT2D eigenvalue weighted by Crippen LogP contribution is 2.22. The molecule has 0 spiro atoms. The maximum atomic E-state index is 12.4.